The van der Waals surface area contributed by atoms with Crippen molar-refractivity contribution in [1.82, 2.24) is 14.8 Å². The molecule has 0 aliphatic rings. The van der Waals surface area contributed by atoms with Crippen LogP contribution in [0.3, 0.4) is 0 Å². The fraction of sp³-hybridized carbons (Fsp3) is 0.125. The number of nitrogens with two attached hydrogens (primary N) is 1. The molecule has 0 atom stereocenters. The Hall–Kier alpha value is -3.09. The van der Waals surface area contributed by atoms with Crippen molar-refractivity contribution in [1.29, 1.82) is 0 Å². The van der Waals surface area contributed by atoms with Gasteiger partial charge in [0.25, 0.3) is 5.91 Å². The molecule has 2 aromatic heterocycles. The number of ether oxygens (including phenoxy) is 1. The molecule has 0 saturated heterocycles. The third-order valence-corrected chi connectivity index (χ3v) is 5.25. The number of carbonyl (C=O) groups is 2. The Bertz CT molecular complexity index is 1140. The van der Waals surface area contributed by atoms with Gasteiger partial charge in [0.05, 0.1) is 11.1 Å². The van der Waals surface area contributed by atoms with Crippen molar-refractivity contribution < 1.29 is 22.7 Å². The van der Waals surface area contributed by atoms with Crippen LogP contribution in [0.5, 0.6) is 0 Å². The second kappa shape index (κ2) is 7.88. The highest BCUT2D eigenvalue weighted by Crippen LogP contribution is 2.23. The molecule has 28 heavy (non-hydrogen) atoms. The number of sulfonamides is 1. The summed E-state index contributed by atoms with van der Waals surface area (Å²) in [4.78, 5) is 28.0. The van der Waals surface area contributed by atoms with Crippen LogP contribution in [-0.2, 0) is 26.6 Å². The number of esters is 1. The van der Waals surface area contributed by atoms with E-state index in [0.717, 1.165) is 5.56 Å². The van der Waals surface area contributed by atoms with Crippen molar-refractivity contribution in [2.45, 2.75) is 4.90 Å². The number of primary sulfonamides is 1. The first-order valence-electron chi connectivity index (χ1n) is 7.77. The van der Waals surface area contributed by atoms with Crippen LogP contribution in [0.25, 0.3) is 10.6 Å². The van der Waals surface area contributed by atoms with Gasteiger partial charge in [-0.25, -0.2) is 23.3 Å². The minimum absolute atomic E-state index is 0.0767. The molecule has 10 nitrogen and oxygen atoms in total. The molecular formula is C16H15N5O5S2. The van der Waals surface area contributed by atoms with E-state index in [1.54, 1.807) is 24.1 Å². The highest BCUT2D eigenvalue weighted by molar-refractivity contribution is 7.89. The van der Waals surface area contributed by atoms with Gasteiger partial charge in [-0.05, 0) is 18.2 Å². The van der Waals surface area contributed by atoms with E-state index in [-0.39, 0.29) is 16.3 Å². The van der Waals surface area contributed by atoms with Gasteiger partial charge in [0.1, 0.15) is 5.01 Å². The molecule has 0 bridgehead atoms. The molecular weight excluding hydrogens is 406 g/mol. The summed E-state index contributed by atoms with van der Waals surface area (Å²) in [6, 6.07) is 5.41. The summed E-state index contributed by atoms with van der Waals surface area (Å²) >= 11 is 1.25. The number of anilines is 1. The second-order valence-electron chi connectivity index (χ2n) is 5.64. The zero-order valence-corrected chi connectivity index (χ0v) is 16.2. The van der Waals surface area contributed by atoms with Gasteiger partial charge in [0, 0.05) is 29.9 Å². The molecule has 3 N–H and O–H groups in total. The van der Waals surface area contributed by atoms with E-state index in [1.807, 2.05) is 0 Å². The molecule has 1 amide bonds. The molecule has 0 saturated carbocycles. The van der Waals surface area contributed by atoms with Crippen molar-refractivity contribution in [3.05, 3.63) is 47.7 Å². The lowest BCUT2D eigenvalue weighted by molar-refractivity contribution is -0.119. The summed E-state index contributed by atoms with van der Waals surface area (Å²) in [5, 5.41) is 13.6. The first-order valence-corrected chi connectivity index (χ1v) is 10.2. The lowest BCUT2D eigenvalue weighted by Crippen LogP contribution is -2.21. The Labute approximate surface area is 164 Å². The van der Waals surface area contributed by atoms with Gasteiger partial charge in [-0.15, -0.1) is 11.3 Å². The van der Waals surface area contributed by atoms with Gasteiger partial charge >= 0.3 is 5.97 Å². The summed E-state index contributed by atoms with van der Waals surface area (Å²) < 4.78 is 29.2. The van der Waals surface area contributed by atoms with Gasteiger partial charge in [0.2, 0.25) is 10.0 Å². The average Bonchev–Trinajstić information content (AvgIpc) is 3.28. The number of aromatic nitrogens is 3. The van der Waals surface area contributed by atoms with Crippen molar-refractivity contribution in [2.75, 3.05) is 11.9 Å². The monoisotopic (exact) mass is 421 g/mol. The highest BCUT2D eigenvalue weighted by atomic mass is 32.2. The van der Waals surface area contributed by atoms with Crippen LogP contribution in [0.4, 0.5) is 5.69 Å². The van der Waals surface area contributed by atoms with Crippen LogP contribution in [0.2, 0.25) is 0 Å². The second-order valence-corrected chi connectivity index (χ2v) is 8.06. The van der Waals surface area contributed by atoms with Gasteiger partial charge in [-0.3, -0.25) is 9.48 Å². The zero-order valence-electron chi connectivity index (χ0n) is 14.5. The molecule has 0 aliphatic heterocycles. The fourth-order valence-electron chi connectivity index (χ4n) is 2.18. The van der Waals surface area contributed by atoms with E-state index in [4.69, 9.17) is 9.88 Å². The highest BCUT2D eigenvalue weighted by Gasteiger charge is 2.16. The Morgan fingerprint density at radius 1 is 1.36 bits per heavy atom. The van der Waals surface area contributed by atoms with Crippen LogP contribution >= 0.6 is 11.3 Å². The number of nitrogens with zero attached hydrogens (tertiary/aromatic N) is 3. The zero-order chi connectivity index (χ0) is 20.3. The molecule has 0 radical (unpaired) electrons. The number of hydrogen-bond acceptors (Lipinski definition) is 8. The molecule has 0 aliphatic carbocycles. The number of aryl methyl sites for hydroxylation is 1. The summed E-state index contributed by atoms with van der Waals surface area (Å²) in [6.07, 6.45) is 3.38. The smallest absolute Gasteiger partial charge is 0.358 e. The number of rotatable bonds is 6. The number of benzene rings is 1. The largest absolute Gasteiger partial charge is 0.451 e. The van der Waals surface area contributed by atoms with Gasteiger partial charge in [0.15, 0.2) is 12.3 Å². The van der Waals surface area contributed by atoms with Gasteiger partial charge in [-0.2, -0.15) is 5.10 Å². The fourth-order valence-corrected chi connectivity index (χ4v) is 3.51. The van der Waals surface area contributed by atoms with Crippen LogP contribution < -0.4 is 10.5 Å². The summed E-state index contributed by atoms with van der Waals surface area (Å²) in [5.41, 5.74) is 1.05. The SMILES string of the molecule is Cn1cc(-c2nc(C(=O)OCC(=O)Nc3cccc(S(N)(=O)=O)c3)cs2)cn1. The van der Waals surface area contributed by atoms with Gasteiger partial charge < -0.3 is 10.1 Å². The third kappa shape index (κ3) is 4.79. The van der Waals surface area contributed by atoms with Crippen LogP contribution in [0.15, 0.2) is 46.9 Å². The molecule has 0 spiro atoms. The normalized spacial score (nSPS) is 11.2. The molecule has 3 aromatic rings. The predicted octanol–water partition coefficient (Wildman–Crippen LogP) is 0.986. The Morgan fingerprint density at radius 2 is 2.14 bits per heavy atom. The number of nitrogens with one attached hydrogen (secondary N) is 1. The van der Waals surface area contributed by atoms with Crippen molar-refractivity contribution in [2.24, 2.45) is 12.2 Å². The van der Waals surface area contributed by atoms with E-state index in [0.29, 0.717) is 5.01 Å². The molecule has 3 rings (SSSR count). The lowest BCUT2D eigenvalue weighted by Gasteiger charge is -2.07. The van der Waals surface area contributed by atoms with E-state index >= 15 is 0 Å². The molecule has 1 aromatic carbocycles. The molecule has 12 heteroatoms. The first-order chi connectivity index (χ1) is 13.2. The van der Waals surface area contributed by atoms with Crippen LogP contribution in [-0.4, -0.2) is 41.7 Å². The molecule has 2 heterocycles. The average molecular weight is 421 g/mol. The maximum atomic E-state index is 12.1. The lowest BCUT2D eigenvalue weighted by atomic mass is 10.3. The molecule has 0 unspecified atom stereocenters. The Morgan fingerprint density at radius 3 is 2.82 bits per heavy atom. The van der Waals surface area contributed by atoms with Crippen LogP contribution in [0.1, 0.15) is 10.5 Å². The summed E-state index contributed by atoms with van der Waals surface area (Å²) in [6.45, 7) is -0.557. The predicted molar refractivity (Wildman–Crippen MR) is 101 cm³/mol. The number of carbonyl (C=O) groups excluding carboxylic acids is 2. The van der Waals surface area contributed by atoms with Gasteiger partial charge in [-0.1, -0.05) is 6.07 Å². The Balaban J connectivity index is 1.58. The molecule has 146 valence electrons. The van der Waals surface area contributed by atoms with E-state index in [1.165, 1.54) is 41.0 Å². The van der Waals surface area contributed by atoms with Crippen molar-refractivity contribution in [3.63, 3.8) is 0 Å². The standard InChI is InChI=1S/C16H15N5O5S2/c1-21-7-10(6-18-21)15-20-13(9-27-15)16(23)26-8-14(22)19-11-3-2-4-12(5-11)28(17,24)25/h2-7,9H,8H2,1H3,(H,19,22)(H2,17,24,25). The van der Waals surface area contributed by atoms with Crippen molar-refractivity contribution in [3.8, 4) is 10.6 Å². The number of hydrogen-bond donors (Lipinski definition) is 2. The summed E-state index contributed by atoms with van der Waals surface area (Å²) in [7, 11) is -2.12. The summed E-state index contributed by atoms with van der Waals surface area (Å²) in [5.74, 6) is -1.39. The topological polar surface area (TPSA) is 146 Å². The maximum Gasteiger partial charge on any atom is 0.358 e. The van der Waals surface area contributed by atoms with Crippen molar-refractivity contribution >= 4 is 38.9 Å². The first kappa shape index (κ1) is 19.7. The number of thiazole rings is 1. The maximum absolute atomic E-state index is 12.1. The quantitative estimate of drug-likeness (QED) is 0.564. The van der Waals surface area contributed by atoms with E-state index in [2.05, 4.69) is 15.4 Å². The van der Waals surface area contributed by atoms with Crippen LogP contribution in [0, 0.1) is 0 Å². The minimum atomic E-state index is -3.89. The molecule has 0 fully saturated rings. The third-order valence-electron chi connectivity index (χ3n) is 3.45. The van der Waals surface area contributed by atoms with E-state index < -0.39 is 28.5 Å². The van der Waals surface area contributed by atoms with E-state index in [9.17, 15) is 18.0 Å². The Kier molecular flexibility index (Phi) is 5.53. The number of amides is 1. The minimum Gasteiger partial charge on any atom is -0.451 e.